The Labute approximate surface area is 134 Å². The highest BCUT2D eigenvalue weighted by atomic mass is 32.2. The van der Waals surface area contributed by atoms with Gasteiger partial charge in [0.05, 0.1) is 12.9 Å². The van der Waals surface area contributed by atoms with Crippen molar-refractivity contribution in [3.8, 4) is 17.1 Å². The number of primary amides is 1. The standard InChI is InChI=1S/C15H20N4O2S/c1-3-4-9-19-14(11-5-7-12(21-2)8-6-11)17-18-15(19)22-10-13(16)20/h5-8H,3-4,9-10H2,1-2H3,(H2,16,20). The van der Waals surface area contributed by atoms with Crippen molar-refractivity contribution in [2.24, 2.45) is 5.73 Å². The Morgan fingerprint density at radius 3 is 2.64 bits per heavy atom. The van der Waals surface area contributed by atoms with Gasteiger partial charge in [-0.15, -0.1) is 10.2 Å². The lowest BCUT2D eigenvalue weighted by molar-refractivity contribution is -0.115. The first kappa shape index (κ1) is 16.4. The molecule has 0 atom stereocenters. The van der Waals surface area contributed by atoms with Crippen LogP contribution in [0.4, 0.5) is 0 Å². The average Bonchev–Trinajstić information content (AvgIpc) is 2.93. The van der Waals surface area contributed by atoms with Gasteiger partial charge in [0.15, 0.2) is 11.0 Å². The maximum Gasteiger partial charge on any atom is 0.227 e. The van der Waals surface area contributed by atoms with Crippen LogP contribution in [0.5, 0.6) is 5.75 Å². The molecule has 2 N–H and O–H groups in total. The number of nitrogens with zero attached hydrogens (tertiary/aromatic N) is 3. The van der Waals surface area contributed by atoms with Gasteiger partial charge in [0.1, 0.15) is 5.75 Å². The first-order valence-electron chi connectivity index (χ1n) is 7.14. The van der Waals surface area contributed by atoms with Crippen LogP contribution in [0.25, 0.3) is 11.4 Å². The van der Waals surface area contributed by atoms with Gasteiger partial charge in [-0.25, -0.2) is 0 Å². The van der Waals surface area contributed by atoms with Gasteiger partial charge in [-0.05, 0) is 30.7 Å². The van der Waals surface area contributed by atoms with E-state index in [1.54, 1.807) is 7.11 Å². The highest BCUT2D eigenvalue weighted by Crippen LogP contribution is 2.26. The molecule has 0 unspecified atom stereocenters. The van der Waals surface area contributed by atoms with E-state index >= 15 is 0 Å². The van der Waals surface area contributed by atoms with Gasteiger partial charge in [0, 0.05) is 12.1 Å². The normalized spacial score (nSPS) is 10.6. The third-order valence-electron chi connectivity index (χ3n) is 3.14. The molecule has 6 nitrogen and oxygen atoms in total. The predicted octanol–water partition coefficient (Wildman–Crippen LogP) is 2.33. The minimum atomic E-state index is -0.360. The lowest BCUT2D eigenvalue weighted by Crippen LogP contribution is -2.14. The summed E-state index contributed by atoms with van der Waals surface area (Å²) in [6.07, 6.45) is 2.09. The van der Waals surface area contributed by atoms with Crippen LogP contribution < -0.4 is 10.5 Å². The Balaban J connectivity index is 2.30. The van der Waals surface area contributed by atoms with Crippen LogP contribution in [-0.4, -0.2) is 33.5 Å². The molecule has 0 aliphatic carbocycles. The molecule has 0 saturated heterocycles. The summed E-state index contributed by atoms with van der Waals surface area (Å²) in [6.45, 7) is 2.94. The SMILES string of the molecule is CCCCn1c(SCC(N)=O)nnc1-c1ccc(OC)cc1. The van der Waals surface area contributed by atoms with Crippen molar-refractivity contribution >= 4 is 17.7 Å². The van der Waals surface area contributed by atoms with Gasteiger partial charge in [-0.1, -0.05) is 25.1 Å². The Morgan fingerprint density at radius 1 is 1.32 bits per heavy atom. The fraction of sp³-hybridized carbons (Fsp3) is 0.400. The molecule has 0 aliphatic heterocycles. The summed E-state index contributed by atoms with van der Waals surface area (Å²) in [4.78, 5) is 11.0. The van der Waals surface area contributed by atoms with Crippen LogP contribution in [-0.2, 0) is 11.3 Å². The summed E-state index contributed by atoms with van der Waals surface area (Å²) in [5.74, 6) is 1.43. The van der Waals surface area contributed by atoms with Crippen molar-refractivity contribution in [2.45, 2.75) is 31.5 Å². The largest absolute Gasteiger partial charge is 0.497 e. The molecule has 0 radical (unpaired) electrons. The summed E-state index contributed by atoms with van der Waals surface area (Å²) in [7, 11) is 1.64. The van der Waals surface area contributed by atoms with Crippen molar-refractivity contribution in [3.63, 3.8) is 0 Å². The Bertz CT molecular complexity index is 625. The fourth-order valence-electron chi connectivity index (χ4n) is 2.00. The van der Waals surface area contributed by atoms with Crippen LogP contribution in [0.1, 0.15) is 19.8 Å². The minimum absolute atomic E-state index is 0.201. The first-order valence-corrected chi connectivity index (χ1v) is 8.13. The molecule has 22 heavy (non-hydrogen) atoms. The molecule has 118 valence electrons. The summed E-state index contributed by atoms with van der Waals surface area (Å²) in [6, 6.07) is 7.69. The molecule has 1 aromatic heterocycles. The van der Waals surface area contributed by atoms with E-state index in [-0.39, 0.29) is 11.7 Å². The van der Waals surface area contributed by atoms with Crippen LogP contribution in [0, 0.1) is 0 Å². The van der Waals surface area contributed by atoms with Crippen LogP contribution in [0.2, 0.25) is 0 Å². The zero-order valence-electron chi connectivity index (χ0n) is 12.8. The topological polar surface area (TPSA) is 83.0 Å². The zero-order chi connectivity index (χ0) is 15.9. The lowest BCUT2D eigenvalue weighted by atomic mass is 10.2. The van der Waals surface area contributed by atoms with E-state index < -0.39 is 0 Å². The number of benzene rings is 1. The summed E-state index contributed by atoms with van der Waals surface area (Å²) < 4.78 is 7.21. The Kier molecular flexibility index (Phi) is 5.83. The number of hydrogen-bond acceptors (Lipinski definition) is 5. The molecule has 0 aliphatic rings. The third kappa shape index (κ3) is 4.00. The van der Waals surface area contributed by atoms with Crippen molar-refractivity contribution in [2.75, 3.05) is 12.9 Å². The molecule has 0 spiro atoms. The summed E-state index contributed by atoms with van der Waals surface area (Å²) in [5, 5.41) is 9.19. The van der Waals surface area contributed by atoms with Gasteiger partial charge in [-0.3, -0.25) is 4.79 Å². The van der Waals surface area contributed by atoms with Gasteiger partial charge < -0.3 is 15.0 Å². The number of carbonyl (C=O) groups is 1. The maximum absolute atomic E-state index is 11.0. The van der Waals surface area contributed by atoms with Crippen molar-refractivity contribution in [1.29, 1.82) is 0 Å². The molecule has 0 saturated carbocycles. The summed E-state index contributed by atoms with van der Waals surface area (Å²) in [5.41, 5.74) is 6.18. The van der Waals surface area contributed by atoms with E-state index in [0.717, 1.165) is 41.7 Å². The highest BCUT2D eigenvalue weighted by Gasteiger charge is 2.14. The smallest absolute Gasteiger partial charge is 0.227 e. The number of carbonyl (C=O) groups excluding carboxylic acids is 1. The third-order valence-corrected chi connectivity index (χ3v) is 4.13. The van der Waals surface area contributed by atoms with E-state index in [1.807, 2.05) is 28.8 Å². The number of nitrogens with two attached hydrogens (primary N) is 1. The molecule has 0 bridgehead atoms. The fourth-order valence-corrected chi connectivity index (χ4v) is 2.71. The summed E-state index contributed by atoms with van der Waals surface area (Å²) >= 11 is 1.32. The quantitative estimate of drug-likeness (QED) is 0.755. The molecule has 1 aromatic carbocycles. The second kappa shape index (κ2) is 7.84. The van der Waals surface area contributed by atoms with Crippen LogP contribution >= 0.6 is 11.8 Å². The molecular formula is C15H20N4O2S. The highest BCUT2D eigenvalue weighted by molar-refractivity contribution is 7.99. The van der Waals surface area contributed by atoms with Crippen molar-refractivity contribution < 1.29 is 9.53 Å². The number of rotatable bonds is 8. The first-order chi connectivity index (χ1) is 10.7. The van der Waals surface area contributed by atoms with E-state index in [1.165, 1.54) is 11.8 Å². The number of aromatic nitrogens is 3. The molecule has 2 aromatic rings. The number of methoxy groups -OCH3 is 1. The number of ether oxygens (including phenoxy) is 1. The number of thioether (sulfide) groups is 1. The maximum atomic E-state index is 11.0. The van der Waals surface area contributed by atoms with E-state index in [9.17, 15) is 4.79 Å². The molecular weight excluding hydrogens is 300 g/mol. The van der Waals surface area contributed by atoms with Gasteiger partial charge >= 0.3 is 0 Å². The Hall–Kier alpha value is -2.02. The lowest BCUT2D eigenvalue weighted by Gasteiger charge is -2.09. The number of amides is 1. The average molecular weight is 320 g/mol. The van der Waals surface area contributed by atoms with Gasteiger partial charge in [0.2, 0.25) is 5.91 Å². The number of unbranched alkanes of at least 4 members (excludes halogenated alkanes) is 1. The molecule has 1 heterocycles. The predicted molar refractivity (Wildman–Crippen MR) is 86.8 cm³/mol. The van der Waals surface area contributed by atoms with E-state index in [2.05, 4.69) is 17.1 Å². The van der Waals surface area contributed by atoms with Crippen molar-refractivity contribution in [1.82, 2.24) is 14.8 Å². The minimum Gasteiger partial charge on any atom is -0.497 e. The van der Waals surface area contributed by atoms with Gasteiger partial charge in [0.25, 0.3) is 0 Å². The van der Waals surface area contributed by atoms with Crippen LogP contribution in [0.3, 0.4) is 0 Å². The second-order valence-electron chi connectivity index (χ2n) is 4.79. The van der Waals surface area contributed by atoms with E-state index in [0.29, 0.717) is 0 Å². The second-order valence-corrected chi connectivity index (χ2v) is 5.74. The van der Waals surface area contributed by atoms with E-state index in [4.69, 9.17) is 10.5 Å². The molecule has 7 heteroatoms. The molecule has 1 amide bonds. The molecule has 2 rings (SSSR count). The van der Waals surface area contributed by atoms with Gasteiger partial charge in [-0.2, -0.15) is 0 Å². The van der Waals surface area contributed by atoms with Crippen molar-refractivity contribution in [3.05, 3.63) is 24.3 Å². The Morgan fingerprint density at radius 2 is 2.05 bits per heavy atom. The molecule has 0 fully saturated rings. The van der Waals surface area contributed by atoms with Crippen LogP contribution in [0.15, 0.2) is 29.4 Å². The monoisotopic (exact) mass is 320 g/mol. The zero-order valence-corrected chi connectivity index (χ0v) is 13.6. The number of hydrogen-bond donors (Lipinski definition) is 1.